The van der Waals surface area contributed by atoms with E-state index in [1.165, 1.54) is 0 Å². The summed E-state index contributed by atoms with van der Waals surface area (Å²) in [7, 11) is 0. The predicted molar refractivity (Wildman–Crippen MR) is 42.9 cm³/mol. The van der Waals surface area contributed by atoms with Gasteiger partial charge in [-0.2, -0.15) is 13.2 Å². The summed E-state index contributed by atoms with van der Waals surface area (Å²) in [6.45, 7) is 0. The van der Waals surface area contributed by atoms with Crippen molar-refractivity contribution in [3.8, 4) is 0 Å². The van der Waals surface area contributed by atoms with Gasteiger partial charge in [-0.1, -0.05) is 12.2 Å². The minimum Gasteiger partial charge on any atom is -0.320 e. The number of halogens is 3. The zero-order chi connectivity index (χ0) is 9.64. The summed E-state index contributed by atoms with van der Waals surface area (Å²) in [5, 5.41) is 0. The molecule has 0 saturated heterocycles. The van der Waals surface area contributed by atoms with Crippen LogP contribution in [-0.4, -0.2) is 12.2 Å². The molecule has 1 fully saturated rings. The van der Waals surface area contributed by atoms with Gasteiger partial charge in [0.1, 0.15) is 6.04 Å². The number of hydrogen-bond acceptors (Lipinski definition) is 1. The lowest BCUT2D eigenvalue weighted by Crippen LogP contribution is -2.45. The van der Waals surface area contributed by atoms with Gasteiger partial charge in [0.05, 0.1) is 0 Å². The highest BCUT2D eigenvalue weighted by atomic mass is 19.4. The zero-order valence-corrected chi connectivity index (χ0v) is 7.09. The lowest BCUT2D eigenvalue weighted by Gasteiger charge is -2.26. The van der Waals surface area contributed by atoms with Gasteiger partial charge in [-0.15, -0.1) is 0 Å². The average molecular weight is 191 g/mol. The van der Waals surface area contributed by atoms with E-state index < -0.39 is 12.2 Å². The number of nitrogens with two attached hydrogens (primary N) is 1. The van der Waals surface area contributed by atoms with E-state index in [1.54, 1.807) is 0 Å². The molecule has 0 spiro atoms. The van der Waals surface area contributed by atoms with Gasteiger partial charge in [-0.25, -0.2) is 0 Å². The lowest BCUT2D eigenvalue weighted by atomic mass is 9.87. The molecule has 0 radical (unpaired) electrons. The van der Waals surface area contributed by atoms with Gasteiger partial charge in [0.15, 0.2) is 0 Å². The standard InChI is InChI=1S/C9H12F3N/c10-9(11,12)8(13)7-4-5-1-2-6(7)3-5/h1-2,5-8H,3-4,13H2. The van der Waals surface area contributed by atoms with Crippen molar-refractivity contribution in [1.29, 1.82) is 0 Å². The second-order valence-corrected chi connectivity index (χ2v) is 4.01. The molecule has 13 heavy (non-hydrogen) atoms. The van der Waals surface area contributed by atoms with Gasteiger partial charge in [-0.3, -0.25) is 0 Å². The summed E-state index contributed by atoms with van der Waals surface area (Å²) >= 11 is 0. The van der Waals surface area contributed by atoms with Gasteiger partial charge in [0, 0.05) is 0 Å². The Morgan fingerprint density at radius 3 is 2.31 bits per heavy atom. The first-order valence-corrected chi connectivity index (χ1v) is 4.49. The highest BCUT2D eigenvalue weighted by molar-refractivity contribution is 5.12. The van der Waals surface area contributed by atoms with E-state index in [4.69, 9.17) is 5.73 Å². The molecule has 0 aliphatic heterocycles. The first-order chi connectivity index (χ1) is 5.98. The van der Waals surface area contributed by atoms with Crippen molar-refractivity contribution in [3.05, 3.63) is 12.2 Å². The van der Waals surface area contributed by atoms with Crippen molar-refractivity contribution < 1.29 is 13.2 Å². The molecule has 0 aromatic carbocycles. The van der Waals surface area contributed by atoms with Crippen LogP contribution in [0.2, 0.25) is 0 Å². The molecule has 0 amide bonds. The topological polar surface area (TPSA) is 26.0 Å². The molecule has 0 aromatic heterocycles. The number of alkyl halides is 3. The predicted octanol–water partition coefficient (Wildman–Crippen LogP) is 2.09. The number of allylic oxidation sites excluding steroid dienone is 2. The Kier molecular flexibility index (Phi) is 1.91. The van der Waals surface area contributed by atoms with Gasteiger partial charge >= 0.3 is 6.18 Å². The molecule has 4 atom stereocenters. The second-order valence-electron chi connectivity index (χ2n) is 4.01. The van der Waals surface area contributed by atoms with E-state index in [0.717, 1.165) is 6.42 Å². The fourth-order valence-corrected chi connectivity index (χ4v) is 2.48. The molecule has 74 valence electrons. The molecular weight excluding hydrogens is 179 g/mol. The summed E-state index contributed by atoms with van der Waals surface area (Å²) in [6, 6.07) is -1.63. The van der Waals surface area contributed by atoms with Crippen LogP contribution in [0.15, 0.2) is 12.2 Å². The van der Waals surface area contributed by atoms with Crippen LogP contribution in [0.3, 0.4) is 0 Å². The Hall–Kier alpha value is -0.510. The average Bonchev–Trinajstić information content (AvgIpc) is 2.60. The Balaban J connectivity index is 2.07. The van der Waals surface area contributed by atoms with E-state index in [9.17, 15) is 13.2 Å². The maximum absolute atomic E-state index is 12.3. The third-order valence-corrected chi connectivity index (χ3v) is 3.17. The largest absolute Gasteiger partial charge is 0.403 e. The summed E-state index contributed by atoms with van der Waals surface area (Å²) in [6.07, 6.45) is 1.16. The molecule has 2 aliphatic rings. The quantitative estimate of drug-likeness (QED) is 0.631. The second kappa shape index (κ2) is 2.74. The monoisotopic (exact) mass is 191 g/mol. The molecule has 2 N–H and O–H groups in total. The molecule has 0 heterocycles. The SMILES string of the molecule is NC(C1CC2C=CC1C2)C(F)(F)F. The van der Waals surface area contributed by atoms with Gasteiger partial charge < -0.3 is 5.73 Å². The summed E-state index contributed by atoms with van der Waals surface area (Å²) < 4.78 is 36.8. The van der Waals surface area contributed by atoms with Gasteiger partial charge in [-0.05, 0) is 30.6 Å². The zero-order valence-electron chi connectivity index (χ0n) is 7.09. The van der Waals surface area contributed by atoms with Crippen LogP contribution in [0.5, 0.6) is 0 Å². The maximum atomic E-state index is 12.3. The Morgan fingerprint density at radius 2 is 1.92 bits per heavy atom. The van der Waals surface area contributed by atoms with Crippen LogP contribution in [0.1, 0.15) is 12.8 Å². The van der Waals surface area contributed by atoms with Crippen LogP contribution < -0.4 is 5.73 Å². The third-order valence-electron chi connectivity index (χ3n) is 3.17. The van der Waals surface area contributed by atoms with E-state index >= 15 is 0 Å². The van der Waals surface area contributed by atoms with E-state index in [-0.39, 0.29) is 11.8 Å². The van der Waals surface area contributed by atoms with Gasteiger partial charge in [0.25, 0.3) is 0 Å². The summed E-state index contributed by atoms with van der Waals surface area (Å²) in [5.74, 6) is 0.0417. The summed E-state index contributed by atoms with van der Waals surface area (Å²) in [5.41, 5.74) is 5.18. The van der Waals surface area contributed by atoms with Crippen molar-refractivity contribution in [2.75, 3.05) is 0 Å². The highest BCUT2D eigenvalue weighted by Gasteiger charge is 2.48. The van der Waals surface area contributed by atoms with E-state index in [2.05, 4.69) is 0 Å². The van der Waals surface area contributed by atoms with Crippen LogP contribution in [0.4, 0.5) is 13.2 Å². The number of rotatable bonds is 1. The maximum Gasteiger partial charge on any atom is 0.403 e. The smallest absolute Gasteiger partial charge is 0.320 e. The minimum absolute atomic E-state index is 0.0709. The number of hydrogen-bond donors (Lipinski definition) is 1. The molecule has 1 saturated carbocycles. The van der Waals surface area contributed by atoms with Gasteiger partial charge in [0.2, 0.25) is 0 Å². The Morgan fingerprint density at radius 1 is 1.23 bits per heavy atom. The number of fused-ring (bicyclic) bond motifs is 2. The first kappa shape index (κ1) is 9.06. The van der Waals surface area contributed by atoms with E-state index in [0.29, 0.717) is 12.3 Å². The molecule has 4 heteroatoms. The van der Waals surface area contributed by atoms with Crippen molar-refractivity contribution >= 4 is 0 Å². The molecular formula is C9H12F3N. The van der Waals surface area contributed by atoms with Crippen LogP contribution in [0, 0.1) is 17.8 Å². The Bertz CT molecular complexity index is 234. The molecule has 2 aliphatic carbocycles. The molecule has 4 unspecified atom stereocenters. The third kappa shape index (κ3) is 1.47. The fourth-order valence-electron chi connectivity index (χ4n) is 2.48. The van der Waals surface area contributed by atoms with Crippen LogP contribution >= 0.6 is 0 Å². The highest BCUT2D eigenvalue weighted by Crippen LogP contribution is 2.46. The van der Waals surface area contributed by atoms with Crippen molar-refractivity contribution in [2.45, 2.75) is 25.1 Å². The Labute approximate surface area is 74.8 Å². The molecule has 1 nitrogen and oxygen atoms in total. The summed E-state index contributed by atoms with van der Waals surface area (Å²) in [4.78, 5) is 0. The van der Waals surface area contributed by atoms with Crippen molar-refractivity contribution in [1.82, 2.24) is 0 Å². The molecule has 2 bridgehead atoms. The molecule has 0 aromatic rings. The van der Waals surface area contributed by atoms with E-state index in [1.807, 2.05) is 12.2 Å². The lowest BCUT2D eigenvalue weighted by molar-refractivity contribution is -0.160. The van der Waals surface area contributed by atoms with Crippen LogP contribution in [-0.2, 0) is 0 Å². The minimum atomic E-state index is -4.23. The normalized spacial score (nSPS) is 39.8. The van der Waals surface area contributed by atoms with Crippen LogP contribution in [0.25, 0.3) is 0 Å². The first-order valence-electron chi connectivity index (χ1n) is 4.49. The van der Waals surface area contributed by atoms with Crippen molar-refractivity contribution in [2.24, 2.45) is 23.5 Å². The van der Waals surface area contributed by atoms with Crippen molar-refractivity contribution in [3.63, 3.8) is 0 Å². The molecule has 2 rings (SSSR count). The fraction of sp³-hybridized carbons (Fsp3) is 0.778.